The molecular weight excluding hydrogens is 719 g/mol. The normalized spacial score (nSPS) is 11.7. The fourth-order valence-corrected chi connectivity index (χ4v) is 8.93. The van der Waals surface area contributed by atoms with Crippen molar-refractivity contribution in [2.45, 2.75) is 0 Å². The van der Waals surface area contributed by atoms with Crippen molar-refractivity contribution in [2.24, 2.45) is 0 Å². The molecule has 12 rings (SSSR count). The minimum atomic E-state index is 0.632. The fourth-order valence-electron chi connectivity index (χ4n) is 8.93. The monoisotopic (exact) mass is 751 g/mol. The third-order valence-corrected chi connectivity index (χ3v) is 11.6. The number of hydrogen-bond acceptors (Lipinski definition) is 4. The molecule has 0 aliphatic heterocycles. The molecule has 274 valence electrons. The van der Waals surface area contributed by atoms with E-state index in [1.807, 2.05) is 36.4 Å². The third kappa shape index (κ3) is 5.33. The van der Waals surface area contributed by atoms with Crippen LogP contribution in [0.1, 0.15) is 0 Å². The Balaban J connectivity index is 1.21. The van der Waals surface area contributed by atoms with E-state index in [2.05, 4.69) is 168 Å². The number of nitrogens with zero attached hydrogens (tertiary/aromatic N) is 5. The van der Waals surface area contributed by atoms with Gasteiger partial charge in [-0.3, -0.25) is 0 Å². The lowest BCUT2D eigenvalue weighted by molar-refractivity contribution is 1.08. The number of fused-ring (bicyclic) bond motifs is 5. The van der Waals surface area contributed by atoms with Gasteiger partial charge in [-0.1, -0.05) is 176 Å². The van der Waals surface area contributed by atoms with Gasteiger partial charge in [-0.05, 0) is 46.2 Å². The highest BCUT2D eigenvalue weighted by Crippen LogP contribution is 2.46. The van der Waals surface area contributed by atoms with Crippen LogP contribution in [0, 0.1) is 0 Å². The number of hydrogen-bond donors (Lipinski definition) is 0. The number of pyridine rings is 2. The van der Waals surface area contributed by atoms with Crippen molar-refractivity contribution in [1.29, 1.82) is 0 Å². The van der Waals surface area contributed by atoms with E-state index in [9.17, 15) is 0 Å². The largest absolute Gasteiger partial charge is 0.307 e. The predicted octanol–water partition coefficient (Wildman–Crippen LogP) is 13.6. The maximum absolute atomic E-state index is 5.43. The van der Waals surface area contributed by atoms with Crippen LogP contribution >= 0.6 is 0 Å². The number of aromatic nitrogens is 5. The van der Waals surface area contributed by atoms with Crippen molar-refractivity contribution in [3.05, 3.63) is 200 Å². The van der Waals surface area contributed by atoms with E-state index in [4.69, 9.17) is 19.9 Å². The van der Waals surface area contributed by atoms with E-state index in [1.165, 1.54) is 10.8 Å². The van der Waals surface area contributed by atoms with E-state index in [0.29, 0.717) is 17.5 Å². The lowest BCUT2D eigenvalue weighted by atomic mass is 9.95. The molecule has 0 fully saturated rings. The zero-order chi connectivity index (χ0) is 38.9. The van der Waals surface area contributed by atoms with Crippen LogP contribution in [-0.4, -0.2) is 24.3 Å². The van der Waals surface area contributed by atoms with Crippen molar-refractivity contribution in [3.8, 4) is 67.8 Å². The molecule has 4 aromatic heterocycles. The summed E-state index contributed by atoms with van der Waals surface area (Å²) < 4.78 is 2.48. The van der Waals surface area contributed by atoms with Gasteiger partial charge in [-0.2, -0.15) is 0 Å². The highest BCUT2D eigenvalue weighted by atomic mass is 15.0. The van der Waals surface area contributed by atoms with Gasteiger partial charge in [0.1, 0.15) is 0 Å². The summed E-state index contributed by atoms with van der Waals surface area (Å²) in [4.78, 5) is 20.9. The van der Waals surface area contributed by atoms with Crippen LogP contribution in [0.2, 0.25) is 0 Å². The van der Waals surface area contributed by atoms with Crippen LogP contribution in [0.5, 0.6) is 0 Å². The molecule has 0 aliphatic rings. The van der Waals surface area contributed by atoms with Crippen LogP contribution < -0.4 is 0 Å². The van der Waals surface area contributed by atoms with Crippen LogP contribution in [0.3, 0.4) is 0 Å². The van der Waals surface area contributed by atoms with Gasteiger partial charge in [0.15, 0.2) is 17.5 Å². The molecule has 12 aromatic rings. The first-order valence-corrected chi connectivity index (χ1v) is 19.9. The summed E-state index contributed by atoms with van der Waals surface area (Å²) in [6.45, 7) is 0. The molecule has 4 heterocycles. The molecule has 8 aromatic carbocycles. The summed E-state index contributed by atoms with van der Waals surface area (Å²) in [5.41, 5.74) is 12.5. The van der Waals surface area contributed by atoms with E-state index in [-0.39, 0.29) is 0 Å². The Morgan fingerprint density at radius 3 is 1.53 bits per heavy atom. The fraction of sp³-hybridized carbons (Fsp3) is 0. The third-order valence-electron chi connectivity index (χ3n) is 11.6. The number of rotatable bonds is 6. The van der Waals surface area contributed by atoms with Gasteiger partial charge in [0.25, 0.3) is 0 Å². The molecule has 0 unspecified atom stereocenters. The van der Waals surface area contributed by atoms with Gasteiger partial charge in [-0.25, -0.2) is 19.9 Å². The van der Waals surface area contributed by atoms with Gasteiger partial charge in [0.05, 0.1) is 27.9 Å². The van der Waals surface area contributed by atoms with Gasteiger partial charge in [-0.15, -0.1) is 0 Å². The van der Waals surface area contributed by atoms with Crippen LogP contribution in [0.4, 0.5) is 0 Å². The summed E-state index contributed by atoms with van der Waals surface area (Å²) >= 11 is 0. The maximum atomic E-state index is 5.43. The Hall–Kier alpha value is -8.02. The minimum absolute atomic E-state index is 0.632. The van der Waals surface area contributed by atoms with Gasteiger partial charge in [0, 0.05) is 49.4 Å². The number of benzene rings is 8. The zero-order valence-corrected chi connectivity index (χ0v) is 31.8. The Bertz CT molecular complexity index is 3410. The maximum Gasteiger partial charge on any atom is 0.164 e. The van der Waals surface area contributed by atoms with Crippen LogP contribution in [0.15, 0.2) is 200 Å². The quantitative estimate of drug-likeness (QED) is 0.125. The second-order valence-corrected chi connectivity index (χ2v) is 15.0. The molecule has 0 bridgehead atoms. The predicted molar refractivity (Wildman–Crippen MR) is 242 cm³/mol. The molecule has 5 heteroatoms. The Kier molecular flexibility index (Phi) is 7.47. The highest BCUT2D eigenvalue weighted by Gasteiger charge is 2.24. The molecule has 0 spiro atoms. The summed E-state index contributed by atoms with van der Waals surface area (Å²) in [5.74, 6) is 1.91. The van der Waals surface area contributed by atoms with Crippen molar-refractivity contribution >= 4 is 48.9 Å². The van der Waals surface area contributed by atoms with Gasteiger partial charge < -0.3 is 4.40 Å². The minimum Gasteiger partial charge on any atom is -0.307 e. The van der Waals surface area contributed by atoms with Gasteiger partial charge >= 0.3 is 0 Å². The average molecular weight is 752 g/mol. The molecule has 0 saturated heterocycles. The second kappa shape index (κ2) is 13.3. The van der Waals surface area contributed by atoms with E-state index < -0.39 is 0 Å². The Labute approximate surface area is 339 Å². The number of para-hydroxylation sites is 1. The molecule has 0 saturated carbocycles. The van der Waals surface area contributed by atoms with E-state index in [0.717, 1.165) is 88.4 Å². The van der Waals surface area contributed by atoms with Crippen molar-refractivity contribution in [1.82, 2.24) is 24.3 Å². The van der Waals surface area contributed by atoms with E-state index in [1.54, 1.807) is 0 Å². The van der Waals surface area contributed by atoms with Crippen molar-refractivity contribution in [3.63, 3.8) is 0 Å². The Morgan fingerprint density at radius 1 is 0.305 bits per heavy atom. The first-order chi connectivity index (χ1) is 29.3. The molecule has 0 amide bonds. The first-order valence-electron chi connectivity index (χ1n) is 19.9. The van der Waals surface area contributed by atoms with Crippen LogP contribution in [0.25, 0.3) is 117 Å². The summed E-state index contributed by atoms with van der Waals surface area (Å²) in [5, 5.41) is 6.96. The first kappa shape index (κ1) is 33.2. The average Bonchev–Trinajstić information content (AvgIpc) is 3.66. The van der Waals surface area contributed by atoms with E-state index >= 15 is 0 Å². The second-order valence-electron chi connectivity index (χ2n) is 15.0. The SMILES string of the molecule is c1ccc(-c2cc(-c3ccccc3)nc(-c3cccc4c5ccc(-c6nc(-c7ccccc7)nc(-c7ccccc7)n6)c6c7cccc8cccc(c87)n(c34)c56)c2)cc1. The van der Waals surface area contributed by atoms with Crippen LogP contribution in [-0.2, 0) is 0 Å². The molecule has 59 heavy (non-hydrogen) atoms. The van der Waals surface area contributed by atoms with Gasteiger partial charge in [0.2, 0.25) is 0 Å². The summed E-state index contributed by atoms with van der Waals surface area (Å²) in [6.07, 6.45) is 0. The lowest BCUT2D eigenvalue weighted by Crippen LogP contribution is -2.01. The smallest absolute Gasteiger partial charge is 0.164 e. The summed E-state index contributed by atoms with van der Waals surface area (Å²) in [6, 6.07) is 70.2. The highest BCUT2D eigenvalue weighted by molar-refractivity contribution is 6.30. The Morgan fingerprint density at radius 2 is 0.847 bits per heavy atom. The molecule has 0 radical (unpaired) electrons. The zero-order valence-electron chi connectivity index (χ0n) is 31.8. The molecule has 0 N–H and O–H groups in total. The molecule has 0 atom stereocenters. The topological polar surface area (TPSA) is 56.0 Å². The standard InChI is InChI=1S/C54H33N5/c1-5-16-34(17-6-1)39-32-45(35-18-7-2-8-19-35)55-46(33-39)42-27-15-26-40-41-30-31-44(49-43-28-13-24-36-25-14-29-47(48(36)43)59(50(40)42)51(41)49)54-57-52(37-20-9-3-10-21-37)56-53(58-54)38-22-11-4-12-23-38/h1-33H. The van der Waals surface area contributed by atoms with Crippen molar-refractivity contribution in [2.75, 3.05) is 0 Å². The molecular formula is C54H33N5. The van der Waals surface area contributed by atoms with Crippen molar-refractivity contribution < 1.29 is 0 Å². The molecule has 5 nitrogen and oxygen atoms in total. The molecule has 0 aliphatic carbocycles. The lowest BCUT2D eigenvalue weighted by Gasteiger charge is -2.17. The summed E-state index contributed by atoms with van der Waals surface area (Å²) in [7, 11) is 0.